The molecular weight excluding hydrogens is 198 g/mol. The maximum atomic E-state index is 12.2. The van der Waals surface area contributed by atoms with E-state index in [1.807, 2.05) is 13.0 Å². The second kappa shape index (κ2) is 5.06. The standard InChI is InChI=1S/C14H17NO/c1-11-10-13(8-9-15-11)14(16)12-6-4-2-3-5-7-12/h6,8-10H,2-5,7H2,1H3. The van der Waals surface area contributed by atoms with Crippen LogP contribution in [0.15, 0.2) is 30.0 Å². The summed E-state index contributed by atoms with van der Waals surface area (Å²) in [5, 5.41) is 0. The number of rotatable bonds is 2. The summed E-state index contributed by atoms with van der Waals surface area (Å²) in [5.74, 6) is 0.187. The summed E-state index contributed by atoms with van der Waals surface area (Å²) < 4.78 is 0. The highest BCUT2D eigenvalue weighted by atomic mass is 16.1. The van der Waals surface area contributed by atoms with Crippen LogP contribution >= 0.6 is 0 Å². The quantitative estimate of drug-likeness (QED) is 0.707. The molecule has 2 heteroatoms. The van der Waals surface area contributed by atoms with Crippen molar-refractivity contribution in [3.05, 3.63) is 41.2 Å². The number of hydrogen-bond donors (Lipinski definition) is 0. The van der Waals surface area contributed by atoms with Gasteiger partial charge in [-0.05, 0) is 50.3 Å². The molecule has 0 amide bonds. The molecule has 0 radical (unpaired) electrons. The first-order valence-corrected chi connectivity index (χ1v) is 5.94. The van der Waals surface area contributed by atoms with Crippen molar-refractivity contribution in [3.8, 4) is 0 Å². The van der Waals surface area contributed by atoms with E-state index in [4.69, 9.17) is 0 Å². The molecule has 1 aromatic heterocycles. The van der Waals surface area contributed by atoms with Gasteiger partial charge < -0.3 is 0 Å². The fourth-order valence-corrected chi connectivity index (χ4v) is 2.09. The Labute approximate surface area is 96.4 Å². The van der Waals surface area contributed by atoms with Crippen LogP contribution in [0.1, 0.15) is 48.2 Å². The summed E-state index contributed by atoms with van der Waals surface area (Å²) in [7, 11) is 0. The molecule has 84 valence electrons. The highest BCUT2D eigenvalue weighted by molar-refractivity contribution is 6.08. The molecule has 0 aromatic carbocycles. The highest BCUT2D eigenvalue weighted by Gasteiger charge is 2.13. The lowest BCUT2D eigenvalue weighted by Crippen LogP contribution is -2.04. The third kappa shape index (κ3) is 2.57. The monoisotopic (exact) mass is 215 g/mol. The minimum atomic E-state index is 0.187. The van der Waals surface area contributed by atoms with Gasteiger partial charge in [-0.2, -0.15) is 0 Å². The Morgan fingerprint density at radius 3 is 3.00 bits per heavy atom. The van der Waals surface area contributed by atoms with Gasteiger partial charge in [0, 0.05) is 17.5 Å². The number of ketones is 1. The van der Waals surface area contributed by atoms with E-state index in [9.17, 15) is 4.79 Å². The summed E-state index contributed by atoms with van der Waals surface area (Å²) in [6, 6.07) is 3.68. The van der Waals surface area contributed by atoms with Crippen LogP contribution < -0.4 is 0 Å². The number of hydrogen-bond acceptors (Lipinski definition) is 2. The lowest BCUT2D eigenvalue weighted by Gasteiger charge is -2.04. The van der Waals surface area contributed by atoms with Crippen molar-refractivity contribution in [2.75, 3.05) is 0 Å². The first-order chi connectivity index (χ1) is 7.77. The second-order valence-electron chi connectivity index (χ2n) is 4.34. The van der Waals surface area contributed by atoms with Crippen LogP contribution in [0.25, 0.3) is 0 Å². The van der Waals surface area contributed by atoms with Crippen molar-refractivity contribution in [1.29, 1.82) is 0 Å². The van der Waals surface area contributed by atoms with Gasteiger partial charge in [-0.15, -0.1) is 0 Å². The zero-order valence-corrected chi connectivity index (χ0v) is 9.70. The number of carbonyl (C=O) groups excluding carboxylic acids is 1. The molecule has 1 aliphatic rings. The molecule has 0 fully saturated rings. The van der Waals surface area contributed by atoms with Crippen LogP contribution in [0.5, 0.6) is 0 Å². The fraction of sp³-hybridized carbons (Fsp3) is 0.429. The lowest BCUT2D eigenvalue weighted by atomic mass is 10.00. The first kappa shape index (κ1) is 11.1. The molecule has 0 saturated heterocycles. The van der Waals surface area contributed by atoms with Crippen molar-refractivity contribution < 1.29 is 4.79 Å². The SMILES string of the molecule is Cc1cc(C(=O)C2=CCCCCC2)ccn1. The summed E-state index contributed by atoms with van der Waals surface area (Å²) in [6.07, 6.45) is 9.40. The van der Waals surface area contributed by atoms with Crippen LogP contribution in [0.4, 0.5) is 0 Å². The summed E-state index contributed by atoms with van der Waals surface area (Å²) in [5.41, 5.74) is 2.67. The predicted octanol–water partition coefficient (Wildman–Crippen LogP) is 3.46. The summed E-state index contributed by atoms with van der Waals surface area (Å²) in [4.78, 5) is 16.3. The number of carbonyl (C=O) groups is 1. The number of nitrogens with zero attached hydrogens (tertiary/aromatic N) is 1. The first-order valence-electron chi connectivity index (χ1n) is 5.94. The number of aryl methyl sites for hydroxylation is 1. The van der Waals surface area contributed by atoms with Crippen LogP contribution in [-0.4, -0.2) is 10.8 Å². The maximum absolute atomic E-state index is 12.2. The maximum Gasteiger partial charge on any atom is 0.188 e. The molecule has 0 unspecified atom stereocenters. The van der Waals surface area contributed by atoms with Gasteiger partial charge in [-0.1, -0.05) is 12.5 Å². The number of allylic oxidation sites excluding steroid dienone is 2. The van der Waals surface area contributed by atoms with Gasteiger partial charge >= 0.3 is 0 Å². The van der Waals surface area contributed by atoms with Crippen molar-refractivity contribution in [2.45, 2.75) is 39.0 Å². The van der Waals surface area contributed by atoms with E-state index in [2.05, 4.69) is 11.1 Å². The Bertz CT molecular complexity index is 420. The zero-order valence-electron chi connectivity index (χ0n) is 9.70. The third-order valence-electron chi connectivity index (χ3n) is 2.99. The molecule has 1 aromatic rings. The van der Waals surface area contributed by atoms with Crippen molar-refractivity contribution >= 4 is 5.78 Å². The lowest BCUT2D eigenvalue weighted by molar-refractivity contribution is 0.103. The van der Waals surface area contributed by atoms with Crippen LogP contribution in [0, 0.1) is 6.92 Å². The summed E-state index contributed by atoms with van der Waals surface area (Å²) in [6.45, 7) is 1.91. The second-order valence-corrected chi connectivity index (χ2v) is 4.34. The van der Waals surface area contributed by atoms with Gasteiger partial charge in [-0.25, -0.2) is 0 Å². The molecule has 0 aliphatic heterocycles. The van der Waals surface area contributed by atoms with E-state index < -0.39 is 0 Å². The molecule has 2 nitrogen and oxygen atoms in total. The van der Waals surface area contributed by atoms with Gasteiger partial charge in [0.1, 0.15) is 0 Å². The minimum Gasteiger partial charge on any atom is -0.289 e. The van der Waals surface area contributed by atoms with Gasteiger partial charge in [0.15, 0.2) is 5.78 Å². The van der Waals surface area contributed by atoms with E-state index in [0.29, 0.717) is 0 Å². The predicted molar refractivity (Wildman–Crippen MR) is 64.5 cm³/mol. The topological polar surface area (TPSA) is 30.0 Å². The van der Waals surface area contributed by atoms with Crippen LogP contribution in [0.3, 0.4) is 0 Å². The van der Waals surface area contributed by atoms with E-state index >= 15 is 0 Å². The Morgan fingerprint density at radius 1 is 1.31 bits per heavy atom. The Balaban J connectivity index is 2.21. The largest absolute Gasteiger partial charge is 0.289 e. The molecule has 0 atom stereocenters. The number of pyridine rings is 1. The van der Waals surface area contributed by atoms with E-state index in [1.54, 1.807) is 12.3 Å². The molecule has 0 spiro atoms. The average molecular weight is 215 g/mol. The molecular formula is C14H17NO. The average Bonchev–Trinajstić information content (AvgIpc) is 2.56. The highest BCUT2D eigenvalue weighted by Crippen LogP contribution is 2.20. The summed E-state index contributed by atoms with van der Waals surface area (Å²) >= 11 is 0. The number of aromatic nitrogens is 1. The molecule has 0 bridgehead atoms. The Hall–Kier alpha value is -1.44. The fourth-order valence-electron chi connectivity index (χ4n) is 2.09. The zero-order chi connectivity index (χ0) is 11.4. The smallest absolute Gasteiger partial charge is 0.188 e. The number of Topliss-reactive ketones (excluding diaryl/α,β-unsaturated/α-hetero) is 1. The molecule has 16 heavy (non-hydrogen) atoms. The Morgan fingerprint density at radius 2 is 2.19 bits per heavy atom. The van der Waals surface area contributed by atoms with E-state index in [-0.39, 0.29) is 5.78 Å². The van der Waals surface area contributed by atoms with Gasteiger partial charge in [0.25, 0.3) is 0 Å². The minimum absolute atomic E-state index is 0.187. The molecule has 0 saturated carbocycles. The van der Waals surface area contributed by atoms with Gasteiger partial charge in [0.2, 0.25) is 0 Å². The van der Waals surface area contributed by atoms with Crippen LogP contribution in [-0.2, 0) is 0 Å². The normalized spacial score (nSPS) is 16.4. The van der Waals surface area contributed by atoms with Gasteiger partial charge in [0.05, 0.1) is 0 Å². The third-order valence-corrected chi connectivity index (χ3v) is 2.99. The van der Waals surface area contributed by atoms with Crippen molar-refractivity contribution in [1.82, 2.24) is 4.98 Å². The van der Waals surface area contributed by atoms with Crippen molar-refractivity contribution in [2.24, 2.45) is 0 Å². The van der Waals surface area contributed by atoms with E-state index in [1.165, 1.54) is 12.8 Å². The molecule has 2 rings (SSSR count). The molecule has 0 N–H and O–H groups in total. The molecule has 1 aliphatic carbocycles. The Kier molecular flexibility index (Phi) is 3.50. The van der Waals surface area contributed by atoms with E-state index in [0.717, 1.165) is 36.1 Å². The van der Waals surface area contributed by atoms with Crippen LogP contribution in [0.2, 0.25) is 0 Å². The molecule has 1 heterocycles. The van der Waals surface area contributed by atoms with Crippen molar-refractivity contribution in [3.63, 3.8) is 0 Å². The van der Waals surface area contributed by atoms with Gasteiger partial charge in [-0.3, -0.25) is 9.78 Å².